The molecule has 0 aromatic heterocycles. The first-order valence-corrected chi connectivity index (χ1v) is 14.4. The number of rotatable bonds is 7. The maximum Gasteiger partial charge on any atom is 0.201 e. The largest absolute Gasteiger partial charge is 0.406 e. The van der Waals surface area contributed by atoms with Gasteiger partial charge in [-0.15, -0.1) is 11.8 Å². The minimum absolute atomic E-state index is 0.0752. The van der Waals surface area contributed by atoms with E-state index in [2.05, 4.69) is 62.3 Å². The number of Topliss-reactive ketones (excluding diaryl/α,β-unsaturated/α-hetero) is 1. The third-order valence-electron chi connectivity index (χ3n) is 7.38. The van der Waals surface area contributed by atoms with Gasteiger partial charge in [0, 0.05) is 4.75 Å². The van der Waals surface area contributed by atoms with Gasteiger partial charge >= 0.3 is 0 Å². The monoisotopic (exact) mass is 428 g/mol. The zero-order valence-corrected chi connectivity index (χ0v) is 21.7. The van der Waals surface area contributed by atoms with Crippen molar-refractivity contribution in [2.75, 3.05) is 0 Å². The van der Waals surface area contributed by atoms with Gasteiger partial charge in [-0.2, -0.15) is 0 Å². The van der Waals surface area contributed by atoms with E-state index in [-0.39, 0.29) is 16.6 Å². The van der Waals surface area contributed by atoms with Gasteiger partial charge in [0.2, 0.25) is 8.32 Å². The average molecular weight is 429 g/mol. The van der Waals surface area contributed by atoms with Gasteiger partial charge in [0.25, 0.3) is 0 Å². The summed E-state index contributed by atoms with van der Waals surface area (Å²) in [5.41, 5.74) is 1.03. The number of thioether (sulfide) groups is 1. The molecule has 0 amide bonds. The molecule has 0 aromatic carbocycles. The van der Waals surface area contributed by atoms with Crippen LogP contribution >= 0.6 is 11.8 Å². The lowest BCUT2D eigenvalue weighted by atomic mass is 9.75. The maximum absolute atomic E-state index is 13.4. The van der Waals surface area contributed by atoms with Gasteiger partial charge in [-0.25, -0.2) is 0 Å². The van der Waals surface area contributed by atoms with Gasteiger partial charge in [-0.3, -0.25) is 4.79 Å². The van der Waals surface area contributed by atoms with Crippen LogP contribution in [0.4, 0.5) is 0 Å². The summed E-state index contributed by atoms with van der Waals surface area (Å²) in [6.07, 6.45) is 3.38. The lowest BCUT2D eigenvalue weighted by Gasteiger charge is -2.50. The molecule has 0 radical (unpaired) electrons. The highest BCUT2D eigenvalue weighted by molar-refractivity contribution is 8.01. The van der Waals surface area contributed by atoms with Crippen molar-refractivity contribution in [3.63, 3.8) is 0 Å². The molecule has 1 aliphatic heterocycles. The topological polar surface area (TPSA) is 35.5 Å². The number of hydrogen-bond donors (Lipinski definition) is 0. The summed E-state index contributed by atoms with van der Waals surface area (Å²) in [7, 11) is -2.08. The third kappa shape index (κ3) is 4.73. The van der Waals surface area contributed by atoms with E-state index in [1.807, 2.05) is 6.92 Å². The Hall–Kier alpha value is 0.157. The number of carbonyl (C=O) groups is 1. The molecule has 28 heavy (non-hydrogen) atoms. The van der Waals surface area contributed by atoms with E-state index < -0.39 is 19.9 Å². The molecule has 5 atom stereocenters. The number of hydrogen-bond acceptors (Lipinski definition) is 4. The summed E-state index contributed by atoms with van der Waals surface area (Å²) in [4.78, 5) is 13.4. The molecule has 0 N–H and O–H groups in total. The smallest absolute Gasteiger partial charge is 0.201 e. The molecule has 0 bridgehead atoms. The number of ether oxygens (including phenoxy) is 1. The maximum atomic E-state index is 13.4. The summed E-state index contributed by atoms with van der Waals surface area (Å²) in [6.45, 7) is 22.5. The Balaban J connectivity index is 2.18. The van der Waals surface area contributed by atoms with E-state index >= 15 is 0 Å². The highest BCUT2D eigenvalue weighted by Crippen LogP contribution is 2.51. The Labute approximate surface area is 179 Å². The molecule has 3 nitrogen and oxygen atoms in total. The van der Waals surface area contributed by atoms with E-state index in [4.69, 9.17) is 9.16 Å². The van der Waals surface area contributed by atoms with Gasteiger partial charge in [0.15, 0.2) is 11.2 Å². The molecule has 1 saturated heterocycles. The first-order chi connectivity index (χ1) is 12.8. The van der Waals surface area contributed by atoms with Crippen molar-refractivity contribution in [3.05, 3.63) is 0 Å². The molecular formula is C23H44O3SSi. The molecule has 2 rings (SSSR count). The molecule has 0 aromatic rings. The second kappa shape index (κ2) is 9.11. The van der Waals surface area contributed by atoms with E-state index in [1.54, 1.807) is 11.8 Å². The summed E-state index contributed by atoms with van der Waals surface area (Å²) in [5, 5.41) is 0. The van der Waals surface area contributed by atoms with Crippen molar-refractivity contribution in [2.45, 2.75) is 128 Å². The van der Waals surface area contributed by atoms with Crippen LogP contribution < -0.4 is 0 Å². The van der Waals surface area contributed by atoms with Crippen LogP contribution in [0.25, 0.3) is 0 Å². The molecule has 1 heterocycles. The predicted molar refractivity (Wildman–Crippen MR) is 123 cm³/mol. The highest BCUT2D eigenvalue weighted by atomic mass is 32.2. The van der Waals surface area contributed by atoms with Gasteiger partial charge in [-0.05, 0) is 48.2 Å². The summed E-state index contributed by atoms with van der Waals surface area (Å²) < 4.78 is 13.3. The minimum atomic E-state index is -2.08. The summed E-state index contributed by atoms with van der Waals surface area (Å²) in [5.74, 6) is 1.37. The Morgan fingerprint density at radius 2 is 1.57 bits per heavy atom. The molecule has 0 spiro atoms. The van der Waals surface area contributed by atoms with Crippen LogP contribution in [0.2, 0.25) is 16.6 Å². The van der Waals surface area contributed by atoms with E-state index in [0.29, 0.717) is 28.5 Å². The van der Waals surface area contributed by atoms with Crippen molar-refractivity contribution < 1.29 is 14.0 Å². The van der Waals surface area contributed by atoms with Gasteiger partial charge in [0.1, 0.15) is 6.10 Å². The zero-order valence-electron chi connectivity index (χ0n) is 19.9. The quantitative estimate of drug-likeness (QED) is 0.417. The van der Waals surface area contributed by atoms with Crippen LogP contribution in [0, 0.1) is 11.8 Å². The highest BCUT2D eigenvalue weighted by Gasteiger charge is 2.51. The summed E-state index contributed by atoms with van der Waals surface area (Å²) in [6, 6.07) is 0. The fraction of sp³-hybridized carbons (Fsp3) is 0.957. The van der Waals surface area contributed by atoms with Crippen LogP contribution in [-0.2, 0) is 14.0 Å². The van der Waals surface area contributed by atoms with Crippen LogP contribution in [0.15, 0.2) is 0 Å². The van der Waals surface area contributed by atoms with Crippen LogP contribution in [0.5, 0.6) is 0 Å². The fourth-order valence-corrected chi connectivity index (χ4v) is 13.0. The molecule has 1 aliphatic carbocycles. The van der Waals surface area contributed by atoms with Crippen molar-refractivity contribution in [1.82, 2.24) is 0 Å². The van der Waals surface area contributed by atoms with E-state index in [0.717, 1.165) is 6.42 Å². The van der Waals surface area contributed by atoms with E-state index in [1.165, 1.54) is 12.8 Å². The molecule has 5 heteroatoms. The number of carbonyl (C=O) groups excluding carboxylic acids is 1. The zero-order chi connectivity index (χ0) is 21.4. The van der Waals surface area contributed by atoms with Crippen LogP contribution in [0.3, 0.4) is 0 Å². The van der Waals surface area contributed by atoms with Gasteiger partial charge in [0.05, 0.1) is 6.10 Å². The lowest BCUT2D eigenvalue weighted by Crippen LogP contribution is -2.55. The van der Waals surface area contributed by atoms with Crippen LogP contribution in [-0.4, -0.2) is 36.5 Å². The average Bonchev–Trinajstić information content (AvgIpc) is 2.56. The van der Waals surface area contributed by atoms with Crippen molar-refractivity contribution in [2.24, 2.45) is 11.8 Å². The second-order valence-corrected chi connectivity index (χ2v) is 17.9. The second-order valence-electron chi connectivity index (χ2n) is 10.7. The van der Waals surface area contributed by atoms with Gasteiger partial charge < -0.3 is 9.16 Å². The Morgan fingerprint density at radius 3 is 2.07 bits per heavy atom. The van der Waals surface area contributed by atoms with Crippen molar-refractivity contribution >= 4 is 25.9 Å². The predicted octanol–water partition coefficient (Wildman–Crippen LogP) is 6.81. The standard InChI is InChI=1S/C23H44O3SSi/c1-14(2)28(15(3)4,16(5)6)26-18(8)21(24)22-25-20-13-17(7)11-12-19(20)23(9,10)27-22/h14-20,22H,11-13H2,1-10H3/t17-,18+,19-,20-,22-/m1/s1. The first-order valence-electron chi connectivity index (χ1n) is 11.4. The Bertz CT molecular complexity index is 524. The van der Waals surface area contributed by atoms with E-state index in [9.17, 15) is 4.79 Å². The third-order valence-corrected chi connectivity index (χ3v) is 15.0. The Morgan fingerprint density at radius 1 is 1.04 bits per heavy atom. The number of fused-ring (bicyclic) bond motifs is 1. The lowest BCUT2D eigenvalue weighted by molar-refractivity contribution is -0.140. The molecule has 2 fully saturated rings. The van der Waals surface area contributed by atoms with Crippen molar-refractivity contribution in [3.8, 4) is 0 Å². The normalized spacial score (nSPS) is 31.9. The molecule has 0 unspecified atom stereocenters. The first kappa shape index (κ1) is 24.4. The van der Waals surface area contributed by atoms with Crippen LogP contribution in [0.1, 0.15) is 88.5 Å². The Kier molecular flexibility index (Phi) is 7.95. The summed E-state index contributed by atoms with van der Waals surface area (Å²) >= 11 is 1.73. The SMILES string of the molecule is CC(C)[Si](O[C@@H](C)C(=O)[C@@H]1O[C@@H]2C[C@H](C)CC[C@H]2C(C)(C)S1)(C(C)C)C(C)C. The van der Waals surface area contributed by atoms with Crippen molar-refractivity contribution in [1.29, 1.82) is 0 Å². The number of ketones is 1. The molecule has 2 aliphatic rings. The molecule has 164 valence electrons. The molecular weight excluding hydrogens is 384 g/mol. The van der Waals surface area contributed by atoms with Gasteiger partial charge in [-0.1, -0.05) is 68.7 Å². The minimum Gasteiger partial charge on any atom is -0.406 e. The molecule has 1 saturated carbocycles. The fourth-order valence-electron chi connectivity index (χ4n) is 5.91.